The molecule has 0 radical (unpaired) electrons. The zero-order chi connectivity index (χ0) is 10.4. The van der Waals surface area contributed by atoms with E-state index < -0.39 is 0 Å². The molecule has 0 bridgehead atoms. The van der Waals surface area contributed by atoms with E-state index in [0.29, 0.717) is 11.3 Å². The molecule has 1 aromatic rings. The first-order valence-corrected chi connectivity index (χ1v) is 3.71. The molecule has 7 nitrogen and oxygen atoms in total. The van der Waals surface area contributed by atoms with Crippen LogP contribution in [0.25, 0.3) is 16.5 Å². The van der Waals surface area contributed by atoms with Gasteiger partial charge in [-0.15, -0.1) is 0 Å². The van der Waals surface area contributed by atoms with Crippen molar-refractivity contribution >= 4 is 11.9 Å². The van der Waals surface area contributed by atoms with Crippen molar-refractivity contribution in [1.29, 1.82) is 5.26 Å². The maximum absolute atomic E-state index is 8.69. The van der Waals surface area contributed by atoms with Gasteiger partial charge in [0.2, 0.25) is 0 Å². The predicted molar refractivity (Wildman–Crippen MR) is 50.8 cm³/mol. The first-order chi connectivity index (χ1) is 6.79. The molecule has 0 aliphatic rings. The predicted octanol–water partition coefficient (Wildman–Crippen LogP) is 1.19. The molecule has 7 heteroatoms. The van der Waals surface area contributed by atoms with E-state index in [2.05, 4.69) is 20.2 Å². The average Bonchev–Trinajstić information content (AvgIpc) is 2.54. The molecule has 1 rings (SSSR count). The number of anilines is 1. The van der Waals surface area contributed by atoms with Crippen molar-refractivity contribution in [2.45, 2.75) is 0 Å². The molecule has 70 valence electrons. The summed E-state index contributed by atoms with van der Waals surface area (Å²) in [5.41, 5.74) is 14.2. The number of hydrogen-bond donors (Lipinski definition) is 2. The fraction of sp³-hybridized carbons (Fsp3) is 0.143. The second-order valence-corrected chi connectivity index (χ2v) is 2.33. The first kappa shape index (κ1) is 9.64. The number of hydrogen-bond acceptors (Lipinski definition) is 4. The Hall–Kier alpha value is -2.45. The number of aromatic amines is 1. The van der Waals surface area contributed by atoms with Gasteiger partial charge in [0.25, 0.3) is 0 Å². The number of nitrogens with two attached hydrogens (primary N) is 1. The van der Waals surface area contributed by atoms with E-state index in [1.54, 1.807) is 12.2 Å². The van der Waals surface area contributed by atoms with Gasteiger partial charge in [0.05, 0.1) is 5.69 Å². The zero-order valence-electron chi connectivity index (χ0n) is 7.18. The Morgan fingerprint density at radius 3 is 3.21 bits per heavy atom. The minimum Gasteiger partial charge on any atom is -0.381 e. The van der Waals surface area contributed by atoms with Gasteiger partial charge in [-0.3, -0.25) is 5.10 Å². The van der Waals surface area contributed by atoms with Crippen LogP contribution in [0.2, 0.25) is 0 Å². The second-order valence-electron chi connectivity index (χ2n) is 2.33. The highest BCUT2D eigenvalue weighted by Gasteiger charge is 2.05. The molecule has 0 aromatic carbocycles. The molecular formula is C7H7N7. The van der Waals surface area contributed by atoms with Gasteiger partial charge in [0, 0.05) is 11.5 Å². The third-order valence-corrected chi connectivity index (χ3v) is 1.47. The highest BCUT2D eigenvalue weighted by atomic mass is 15.2. The average molecular weight is 189 g/mol. The largest absolute Gasteiger partial charge is 0.381 e. The number of nitriles is 1. The van der Waals surface area contributed by atoms with Gasteiger partial charge in [-0.05, 0) is 11.6 Å². The number of nitrogens with one attached hydrogen (secondary N) is 1. The van der Waals surface area contributed by atoms with Crippen molar-refractivity contribution < 1.29 is 0 Å². The Balaban J connectivity index is 2.82. The minimum absolute atomic E-state index is 0.163. The fourth-order valence-corrected chi connectivity index (χ4v) is 0.863. The number of azide groups is 1. The molecule has 0 saturated carbocycles. The molecule has 0 atom stereocenters. The maximum Gasteiger partial charge on any atom is 0.163 e. The van der Waals surface area contributed by atoms with Crippen molar-refractivity contribution in [1.82, 2.24) is 10.2 Å². The summed E-state index contributed by atoms with van der Waals surface area (Å²) >= 11 is 0. The minimum atomic E-state index is 0.163. The molecule has 1 heterocycles. The Morgan fingerprint density at radius 2 is 2.57 bits per heavy atom. The summed E-state index contributed by atoms with van der Waals surface area (Å²) in [4.78, 5) is 2.57. The molecular weight excluding hydrogens is 182 g/mol. The summed E-state index contributed by atoms with van der Waals surface area (Å²) in [7, 11) is 0. The number of nitrogen functional groups attached to an aromatic ring is 1. The highest BCUT2D eigenvalue weighted by Crippen LogP contribution is 2.12. The molecule has 0 aliphatic carbocycles. The van der Waals surface area contributed by atoms with Crippen molar-refractivity contribution in [2.75, 3.05) is 12.3 Å². The standard InChI is InChI=1S/C7H7N7/c8-4-5-6(12-13-7(5)9)2-1-3-11-14-10/h1-2H,3H2,(H3,9,12,13). The van der Waals surface area contributed by atoms with Crippen LogP contribution in [-0.2, 0) is 0 Å². The summed E-state index contributed by atoms with van der Waals surface area (Å²) < 4.78 is 0. The molecule has 14 heavy (non-hydrogen) atoms. The lowest BCUT2D eigenvalue weighted by atomic mass is 10.2. The monoisotopic (exact) mass is 189 g/mol. The van der Waals surface area contributed by atoms with Gasteiger partial charge in [-0.1, -0.05) is 11.2 Å². The van der Waals surface area contributed by atoms with Crippen LogP contribution in [-0.4, -0.2) is 16.7 Å². The topological polar surface area (TPSA) is 127 Å². The van der Waals surface area contributed by atoms with Crippen molar-refractivity contribution in [3.63, 3.8) is 0 Å². The number of nitrogens with zero attached hydrogens (tertiary/aromatic N) is 5. The lowest BCUT2D eigenvalue weighted by molar-refractivity contribution is 1.08. The molecule has 0 fully saturated rings. The van der Waals surface area contributed by atoms with E-state index in [1.165, 1.54) is 0 Å². The summed E-state index contributed by atoms with van der Waals surface area (Å²) in [5, 5.41) is 18.2. The zero-order valence-corrected chi connectivity index (χ0v) is 7.18. The first-order valence-electron chi connectivity index (χ1n) is 3.71. The van der Waals surface area contributed by atoms with E-state index in [1.807, 2.05) is 6.07 Å². The van der Waals surface area contributed by atoms with Crippen LogP contribution < -0.4 is 5.73 Å². The Kier molecular flexibility index (Phi) is 3.13. The number of rotatable bonds is 3. The summed E-state index contributed by atoms with van der Waals surface area (Å²) in [6.07, 6.45) is 3.20. The number of aromatic nitrogens is 2. The second kappa shape index (κ2) is 4.54. The smallest absolute Gasteiger partial charge is 0.163 e. The van der Waals surface area contributed by atoms with Crippen molar-refractivity contribution in [3.8, 4) is 6.07 Å². The van der Waals surface area contributed by atoms with Crippen molar-refractivity contribution in [3.05, 3.63) is 27.8 Å². The van der Waals surface area contributed by atoms with E-state index in [0.717, 1.165) is 0 Å². The van der Waals surface area contributed by atoms with Crippen LogP contribution in [0.5, 0.6) is 0 Å². The Morgan fingerprint density at radius 1 is 1.79 bits per heavy atom. The summed E-state index contributed by atoms with van der Waals surface area (Å²) in [6.45, 7) is 0.223. The maximum atomic E-state index is 8.69. The molecule has 3 N–H and O–H groups in total. The fourth-order valence-electron chi connectivity index (χ4n) is 0.863. The van der Waals surface area contributed by atoms with Crippen LogP contribution in [0.4, 0.5) is 5.82 Å². The van der Waals surface area contributed by atoms with Crippen LogP contribution in [0, 0.1) is 11.3 Å². The van der Waals surface area contributed by atoms with Crippen LogP contribution in [0.3, 0.4) is 0 Å². The quantitative estimate of drug-likeness (QED) is 0.421. The summed E-state index contributed by atoms with van der Waals surface area (Å²) in [6, 6.07) is 1.91. The van der Waals surface area contributed by atoms with Gasteiger partial charge < -0.3 is 5.73 Å². The van der Waals surface area contributed by atoms with Gasteiger partial charge in [-0.25, -0.2) is 0 Å². The van der Waals surface area contributed by atoms with E-state index in [-0.39, 0.29) is 12.4 Å². The SMILES string of the molecule is N#Cc1c(N)n[nH]c1C=CCN=[N+]=[N-]. The molecule has 0 spiro atoms. The van der Waals surface area contributed by atoms with Gasteiger partial charge >= 0.3 is 0 Å². The van der Waals surface area contributed by atoms with Crippen molar-refractivity contribution in [2.24, 2.45) is 5.11 Å². The number of H-pyrrole nitrogens is 1. The molecule has 0 saturated heterocycles. The van der Waals surface area contributed by atoms with E-state index >= 15 is 0 Å². The lowest BCUT2D eigenvalue weighted by Crippen LogP contribution is -1.87. The lowest BCUT2D eigenvalue weighted by Gasteiger charge is -1.85. The molecule has 1 aromatic heterocycles. The molecule has 0 unspecified atom stereocenters. The molecule has 0 amide bonds. The van der Waals surface area contributed by atoms with Gasteiger partial charge in [0.1, 0.15) is 11.6 Å². The van der Waals surface area contributed by atoms with E-state index in [9.17, 15) is 0 Å². The molecule has 0 aliphatic heterocycles. The Bertz CT molecular complexity index is 429. The third kappa shape index (κ3) is 2.03. The normalized spacial score (nSPS) is 9.64. The van der Waals surface area contributed by atoms with Crippen LogP contribution >= 0.6 is 0 Å². The van der Waals surface area contributed by atoms with Crippen LogP contribution in [0.15, 0.2) is 11.2 Å². The van der Waals surface area contributed by atoms with Crippen LogP contribution in [0.1, 0.15) is 11.3 Å². The van der Waals surface area contributed by atoms with Gasteiger partial charge in [0.15, 0.2) is 5.82 Å². The third-order valence-electron chi connectivity index (χ3n) is 1.47. The van der Waals surface area contributed by atoms with Gasteiger partial charge in [-0.2, -0.15) is 10.4 Å². The van der Waals surface area contributed by atoms with E-state index in [4.69, 9.17) is 16.5 Å². The summed E-state index contributed by atoms with van der Waals surface area (Å²) in [5.74, 6) is 0.163. The highest BCUT2D eigenvalue weighted by molar-refractivity contribution is 5.62. The Labute approximate surface area is 79.5 Å².